The molecule has 0 fully saturated rings. The van der Waals surface area contributed by atoms with Crippen molar-refractivity contribution in [1.82, 2.24) is 4.98 Å². The lowest BCUT2D eigenvalue weighted by molar-refractivity contribution is -0.115. The molecule has 2 rings (SSSR count). The average Bonchev–Trinajstić information content (AvgIpc) is 2.48. The normalized spacial score (nSPS) is 9.62. The van der Waals surface area contributed by atoms with Crippen LogP contribution < -0.4 is 11.1 Å². The highest BCUT2D eigenvalue weighted by molar-refractivity contribution is 5.91. The summed E-state index contributed by atoms with van der Waals surface area (Å²) < 4.78 is 13.5. The predicted octanol–water partition coefficient (Wildman–Crippen LogP) is 1.71. The first kappa shape index (κ1) is 14.7. The summed E-state index contributed by atoms with van der Waals surface area (Å²) in [5.74, 6) is 5.21. The predicted molar refractivity (Wildman–Crippen MR) is 78.9 cm³/mol. The molecule has 4 nitrogen and oxygen atoms in total. The van der Waals surface area contributed by atoms with E-state index < -0.39 is 5.82 Å². The van der Waals surface area contributed by atoms with Gasteiger partial charge < -0.3 is 11.1 Å². The number of carbonyl (C=O) groups excluding carboxylic acids is 1. The van der Waals surface area contributed by atoms with Crippen LogP contribution in [0.15, 0.2) is 42.6 Å². The van der Waals surface area contributed by atoms with E-state index in [1.54, 1.807) is 36.5 Å². The molecule has 3 N–H and O–H groups in total. The Kier molecular flexibility index (Phi) is 5.02. The number of carbonyl (C=O) groups is 1. The van der Waals surface area contributed by atoms with Crippen molar-refractivity contribution in [3.05, 3.63) is 59.5 Å². The monoisotopic (exact) mass is 283 g/mol. The summed E-state index contributed by atoms with van der Waals surface area (Å²) in [6.07, 6.45) is 1.49. The smallest absolute Gasteiger partial charge is 0.230 e. The van der Waals surface area contributed by atoms with Crippen LogP contribution in [0.2, 0.25) is 0 Å². The van der Waals surface area contributed by atoms with E-state index in [4.69, 9.17) is 5.73 Å². The number of hydrogen-bond acceptors (Lipinski definition) is 3. The number of nitrogens with two attached hydrogens (primary N) is 1. The number of rotatable bonds is 3. The van der Waals surface area contributed by atoms with Gasteiger partial charge in [-0.3, -0.25) is 4.79 Å². The first-order valence-electron chi connectivity index (χ1n) is 6.37. The van der Waals surface area contributed by atoms with Crippen molar-refractivity contribution in [2.45, 2.75) is 6.42 Å². The molecule has 0 radical (unpaired) electrons. The average molecular weight is 283 g/mol. The van der Waals surface area contributed by atoms with Crippen LogP contribution in [-0.4, -0.2) is 17.4 Å². The Labute approximate surface area is 122 Å². The van der Waals surface area contributed by atoms with Gasteiger partial charge in [0.25, 0.3) is 0 Å². The number of aromatic nitrogens is 1. The molecule has 2 aromatic rings. The van der Waals surface area contributed by atoms with Crippen LogP contribution in [0.3, 0.4) is 0 Å². The zero-order valence-corrected chi connectivity index (χ0v) is 11.3. The molecule has 0 bridgehead atoms. The Hall–Kier alpha value is -2.71. The van der Waals surface area contributed by atoms with E-state index in [9.17, 15) is 9.18 Å². The lowest BCUT2D eigenvalue weighted by atomic mass is 10.1. The number of halogens is 1. The number of hydrogen-bond donors (Lipinski definition) is 2. The van der Waals surface area contributed by atoms with Crippen molar-refractivity contribution in [2.24, 2.45) is 5.73 Å². The Bertz CT molecular complexity index is 704. The zero-order valence-electron chi connectivity index (χ0n) is 11.3. The lowest BCUT2D eigenvalue weighted by Crippen LogP contribution is -2.16. The van der Waals surface area contributed by atoms with Crippen LogP contribution in [0.1, 0.15) is 11.1 Å². The number of pyridine rings is 1. The summed E-state index contributed by atoms with van der Waals surface area (Å²) in [7, 11) is 0. The summed E-state index contributed by atoms with van der Waals surface area (Å²) in [5.41, 5.74) is 6.35. The van der Waals surface area contributed by atoms with Gasteiger partial charge in [0.2, 0.25) is 5.91 Å². The molecule has 1 amide bonds. The Morgan fingerprint density at radius 1 is 1.33 bits per heavy atom. The van der Waals surface area contributed by atoms with Crippen LogP contribution in [0.25, 0.3) is 0 Å². The largest absolute Gasteiger partial charge is 0.320 e. The lowest BCUT2D eigenvalue weighted by Gasteiger charge is -2.05. The van der Waals surface area contributed by atoms with Crippen molar-refractivity contribution in [1.29, 1.82) is 0 Å². The third-order valence-electron chi connectivity index (χ3n) is 2.67. The van der Waals surface area contributed by atoms with Gasteiger partial charge in [0.05, 0.1) is 13.0 Å². The van der Waals surface area contributed by atoms with Crippen LogP contribution in [-0.2, 0) is 11.2 Å². The van der Waals surface area contributed by atoms with E-state index in [1.165, 1.54) is 6.07 Å². The van der Waals surface area contributed by atoms with E-state index in [0.29, 0.717) is 16.9 Å². The molecule has 0 saturated heterocycles. The summed E-state index contributed by atoms with van der Waals surface area (Å²) in [5, 5.41) is 2.62. The number of amides is 1. The number of nitrogens with zero attached hydrogens (tertiary/aromatic N) is 1. The van der Waals surface area contributed by atoms with Crippen molar-refractivity contribution >= 4 is 11.7 Å². The molecular weight excluding hydrogens is 269 g/mol. The number of anilines is 1. The van der Waals surface area contributed by atoms with E-state index in [-0.39, 0.29) is 18.9 Å². The quantitative estimate of drug-likeness (QED) is 0.843. The first-order valence-corrected chi connectivity index (χ1v) is 6.37. The Balaban J connectivity index is 2.04. The molecule has 0 aliphatic carbocycles. The molecule has 0 unspecified atom stereocenters. The van der Waals surface area contributed by atoms with Gasteiger partial charge in [0, 0.05) is 11.8 Å². The van der Waals surface area contributed by atoms with E-state index in [0.717, 1.165) is 0 Å². The molecular formula is C16H14FN3O. The number of benzene rings is 1. The van der Waals surface area contributed by atoms with E-state index in [2.05, 4.69) is 22.1 Å². The summed E-state index contributed by atoms with van der Waals surface area (Å²) in [4.78, 5) is 15.9. The van der Waals surface area contributed by atoms with Gasteiger partial charge in [-0.05, 0) is 23.8 Å². The van der Waals surface area contributed by atoms with Gasteiger partial charge in [0.1, 0.15) is 11.6 Å². The molecule has 1 aromatic heterocycles. The third kappa shape index (κ3) is 4.41. The van der Waals surface area contributed by atoms with Crippen LogP contribution in [0, 0.1) is 17.7 Å². The fraction of sp³-hybridized carbons (Fsp3) is 0.125. The van der Waals surface area contributed by atoms with Gasteiger partial charge in [0.15, 0.2) is 0 Å². The zero-order chi connectivity index (χ0) is 15.1. The second-order valence-corrected chi connectivity index (χ2v) is 4.25. The first-order chi connectivity index (χ1) is 10.2. The maximum absolute atomic E-state index is 13.5. The van der Waals surface area contributed by atoms with Crippen LogP contribution in [0.4, 0.5) is 10.2 Å². The van der Waals surface area contributed by atoms with Gasteiger partial charge in [-0.2, -0.15) is 0 Å². The molecule has 0 aliphatic rings. The highest BCUT2D eigenvalue weighted by atomic mass is 19.1. The summed E-state index contributed by atoms with van der Waals surface area (Å²) >= 11 is 0. The minimum Gasteiger partial charge on any atom is -0.320 e. The topological polar surface area (TPSA) is 68.0 Å². The molecule has 0 atom stereocenters. The summed E-state index contributed by atoms with van der Waals surface area (Å²) in [6.45, 7) is 0.261. The standard InChI is InChI=1S/C16H14FN3O/c17-14-6-2-1-5-13(14)11-16(21)20-15-10-12(4-3-8-18)7-9-19-15/h1-2,5-7,9-10H,8,11,18H2,(H,19,20,21). The Morgan fingerprint density at radius 3 is 2.90 bits per heavy atom. The molecule has 21 heavy (non-hydrogen) atoms. The minimum absolute atomic E-state index is 0.0486. The number of nitrogens with one attached hydrogen (secondary N) is 1. The molecule has 1 heterocycles. The SMILES string of the molecule is NCC#Cc1ccnc(NC(=O)Cc2ccccc2F)c1. The molecule has 1 aromatic carbocycles. The van der Waals surface area contributed by atoms with Crippen molar-refractivity contribution in [3.8, 4) is 11.8 Å². The van der Waals surface area contributed by atoms with Gasteiger partial charge in [-0.15, -0.1) is 0 Å². The van der Waals surface area contributed by atoms with Crippen LogP contribution >= 0.6 is 0 Å². The second kappa shape index (κ2) is 7.17. The highest BCUT2D eigenvalue weighted by Crippen LogP contribution is 2.10. The van der Waals surface area contributed by atoms with E-state index in [1.807, 2.05) is 0 Å². The summed E-state index contributed by atoms with van der Waals surface area (Å²) in [6, 6.07) is 9.53. The molecule has 0 saturated carbocycles. The fourth-order valence-corrected chi connectivity index (χ4v) is 1.73. The minimum atomic E-state index is -0.400. The van der Waals surface area contributed by atoms with Crippen molar-refractivity contribution in [2.75, 3.05) is 11.9 Å². The molecule has 106 valence electrons. The maximum Gasteiger partial charge on any atom is 0.230 e. The van der Waals surface area contributed by atoms with Gasteiger partial charge >= 0.3 is 0 Å². The fourth-order valence-electron chi connectivity index (χ4n) is 1.73. The highest BCUT2D eigenvalue weighted by Gasteiger charge is 2.08. The maximum atomic E-state index is 13.5. The van der Waals surface area contributed by atoms with Crippen molar-refractivity contribution < 1.29 is 9.18 Å². The second-order valence-electron chi connectivity index (χ2n) is 4.25. The van der Waals surface area contributed by atoms with Crippen LogP contribution in [0.5, 0.6) is 0 Å². The molecule has 0 aliphatic heterocycles. The molecule has 5 heteroatoms. The van der Waals surface area contributed by atoms with Gasteiger partial charge in [-0.25, -0.2) is 9.37 Å². The van der Waals surface area contributed by atoms with E-state index >= 15 is 0 Å². The molecule has 0 spiro atoms. The van der Waals surface area contributed by atoms with Gasteiger partial charge in [-0.1, -0.05) is 30.0 Å². The third-order valence-corrected chi connectivity index (χ3v) is 2.67. The Morgan fingerprint density at radius 2 is 2.14 bits per heavy atom. The van der Waals surface area contributed by atoms with Crippen molar-refractivity contribution in [3.63, 3.8) is 0 Å².